The Labute approximate surface area is 162 Å². The van der Waals surface area contributed by atoms with Gasteiger partial charge in [0.2, 0.25) is 11.8 Å². The van der Waals surface area contributed by atoms with Gasteiger partial charge in [-0.15, -0.1) is 0 Å². The molecule has 1 aliphatic carbocycles. The lowest BCUT2D eigenvalue weighted by Gasteiger charge is -2.22. The molecule has 1 aromatic rings. The van der Waals surface area contributed by atoms with E-state index in [1.807, 2.05) is 0 Å². The number of pyridine rings is 1. The van der Waals surface area contributed by atoms with Crippen molar-refractivity contribution < 1.29 is 23.1 Å². The highest BCUT2D eigenvalue weighted by Gasteiger charge is 2.39. The summed E-state index contributed by atoms with van der Waals surface area (Å²) in [7, 11) is 0. The Morgan fingerprint density at radius 2 is 2.14 bits per heavy atom. The van der Waals surface area contributed by atoms with Crippen LogP contribution in [0.2, 0.25) is 0 Å². The molecule has 2 amide bonds. The van der Waals surface area contributed by atoms with Crippen molar-refractivity contribution >= 4 is 17.5 Å². The minimum Gasteiger partial charge on any atom is -0.477 e. The number of carbonyl (C=O) groups excluding carboxylic acids is 2. The molecule has 7 nitrogen and oxygen atoms in total. The van der Waals surface area contributed by atoms with Crippen LogP contribution in [0, 0.1) is 5.92 Å². The first kappa shape index (κ1) is 20.3. The summed E-state index contributed by atoms with van der Waals surface area (Å²) in [5, 5.41) is 5.21. The lowest BCUT2D eigenvalue weighted by molar-refractivity contribution is -0.122. The van der Waals surface area contributed by atoms with Crippen LogP contribution in [0.1, 0.15) is 43.6 Å². The fourth-order valence-corrected chi connectivity index (χ4v) is 3.02. The number of amides is 2. The minimum absolute atomic E-state index is 0.0119. The Bertz CT molecular complexity index is 740. The highest BCUT2D eigenvalue weighted by molar-refractivity contribution is 6.00. The second kappa shape index (κ2) is 8.28. The van der Waals surface area contributed by atoms with Crippen LogP contribution >= 0.6 is 0 Å². The van der Waals surface area contributed by atoms with E-state index >= 15 is 0 Å². The number of likely N-dealkylation sites (N-methyl/N-ethyl adjacent to an activating group) is 1. The fraction of sp³-hybridized carbons (Fsp3) is 0.632. The Hall–Kier alpha value is -2.45. The molecule has 2 aliphatic rings. The van der Waals surface area contributed by atoms with Gasteiger partial charge in [0.15, 0.2) is 5.69 Å². The van der Waals surface area contributed by atoms with Crippen molar-refractivity contribution in [3.8, 4) is 5.88 Å². The van der Waals surface area contributed by atoms with Gasteiger partial charge in [-0.3, -0.25) is 9.59 Å². The fourth-order valence-electron chi connectivity index (χ4n) is 3.02. The zero-order chi connectivity index (χ0) is 20.3. The number of aromatic nitrogens is 1. The van der Waals surface area contributed by atoms with E-state index in [4.69, 9.17) is 4.74 Å². The van der Waals surface area contributed by atoms with Gasteiger partial charge in [-0.2, -0.15) is 0 Å². The van der Waals surface area contributed by atoms with Crippen molar-refractivity contribution in [1.82, 2.24) is 15.6 Å². The summed E-state index contributed by atoms with van der Waals surface area (Å²) >= 11 is 0. The van der Waals surface area contributed by atoms with E-state index in [2.05, 4.69) is 15.6 Å². The summed E-state index contributed by atoms with van der Waals surface area (Å²) < 4.78 is 33.0. The second-order valence-electron chi connectivity index (χ2n) is 7.39. The average Bonchev–Trinajstić information content (AvgIpc) is 3.41. The molecule has 1 atom stereocenters. The number of ether oxygens (including phenoxy) is 1. The number of nitrogens with zero attached hydrogens (tertiary/aromatic N) is 2. The number of nitrogens with one attached hydrogen (secondary N) is 2. The van der Waals surface area contributed by atoms with Crippen molar-refractivity contribution in [1.29, 1.82) is 0 Å². The molecule has 1 saturated carbocycles. The quantitative estimate of drug-likeness (QED) is 0.702. The minimum atomic E-state index is -2.80. The van der Waals surface area contributed by atoms with Crippen molar-refractivity contribution in [3.63, 3.8) is 0 Å². The first-order valence-corrected chi connectivity index (χ1v) is 9.64. The molecule has 1 saturated heterocycles. The number of alkyl halides is 2. The van der Waals surface area contributed by atoms with Gasteiger partial charge in [0.1, 0.15) is 6.04 Å². The first-order valence-electron chi connectivity index (χ1n) is 9.64. The summed E-state index contributed by atoms with van der Waals surface area (Å²) in [5.41, 5.74) is 0.304. The van der Waals surface area contributed by atoms with E-state index in [0.29, 0.717) is 24.8 Å². The van der Waals surface area contributed by atoms with E-state index in [-0.39, 0.29) is 30.4 Å². The van der Waals surface area contributed by atoms with Crippen LogP contribution in [-0.2, 0) is 4.79 Å². The van der Waals surface area contributed by atoms with Crippen LogP contribution in [0.15, 0.2) is 12.1 Å². The van der Waals surface area contributed by atoms with E-state index < -0.39 is 24.4 Å². The summed E-state index contributed by atoms with van der Waals surface area (Å²) in [6.07, 6.45) is 1.94. The first-order chi connectivity index (χ1) is 13.3. The van der Waals surface area contributed by atoms with Crippen LogP contribution in [0.25, 0.3) is 0 Å². The topological polar surface area (TPSA) is 83.6 Å². The molecule has 28 heavy (non-hydrogen) atoms. The maximum atomic E-state index is 13.7. The van der Waals surface area contributed by atoms with Crippen molar-refractivity contribution in [2.75, 3.05) is 31.1 Å². The summed E-state index contributed by atoms with van der Waals surface area (Å²) in [6, 6.07) is 2.40. The van der Waals surface area contributed by atoms with E-state index in [9.17, 15) is 18.4 Å². The zero-order valence-electron chi connectivity index (χ0n) is 16.1. The zero-order valence-corrected chi connectivity index (χ0v) is 16.1. The third-order valence-electron chi connectivity index (χ3n) is 4.83. The second-order valence-corrected chi connectivity index (χ2v) is 7.39. The molecule has 0 radical (unpaired) electrons. The Kier molecular flexibility index (Phi) is 6.00. The highest BCUT2D eigenvalue weighted by atomic mass is 19.3. The molecule has 3 rings (SSSR count). The molecule has 9 heteroatoms. The molecule has 1 aromatic heterocycles. The highest BCUT2D eigenvalue weighted by Crippen LogP contribution is 2.34. The van der Waals surface area contributed by atoms with Gasteiger partial charge in [-0.05, 0) is 38.7 Å². The number of rotatable bonds is 8. The van der Waals surface area contributed by atoms with Crippen molar-refractivity contribution in [2.45, 2.75) is 45.1 Å². The molecule has 2 N–H and O–H groups in total. The normalized spacial score (nSPS) is 19.2. The van der Waals surface area contributed by atoms with Gasteiger partial charge < -0.3 is 20.3 Å². The number of carbonyl (C=O) groups is 2. The van der Waals surface area contributed by atoms with Crippen LogP contribution in [-0.4, -0.2) is 55.0 Å². The van der Waals surface area contributed by atoms with Crippen LogP contribution < -0.4 is 20.3 Å². The molecule has 0 spiro atoms. The summed E-state index contributed by atoms with van der Waals surface area (Å²) in [5.74, 6) is -2.94. The molecule has 0 aromatic carbocycles. The van der Waals surface area contributed by atoms with E-state index in [1.54, 1.807) is 26.0 Å². The Balaban J connectivity index is 1.80. The third kappa shape index (κ3) is 5.08. The number of halogens is 2. The molecule has 2 heterocycles. The maximum Gasteiger partial charge on any atom is 0.272 e. The molecule has 2 fully saturated rings. The Morgan fingerprint density at radius 3 is 2.75 bits per heavy atom. The lowest BCUT2D eigenvalue weighted by Crippen LogP contribution is -2.45. The number of hydrogen-bond acceptors (Lipinski definition) is 5. The molecule has 1 unspecified atom stereocenters. The predicted octanol–water partition coefficient (Wildman–Crippen LogP) is 1.97. The largest absolute Gasteiger partial charge is 0.477 e. The predicted molar refractivity (Wildman–Crippen MR) is 99.8 cm³/mol. The monoisotopic (exact) mass is 396 g/mol. The van der Waals surface area contributed by atoms with Crippen LogP contribution in [0.3, 0.4) is 0 Å². The van der Waals surface area contributed by atoms with Crippen LogP contribution in [0.5, 0.6) is 5.88 Å². The van der Waals surface area contributed by atoms with E-state index in [1.165, 1.54) is 4.90 Å². The Morgan fingerprint density at radius 1 is 1.39 bits per heavy atom. The van der Waals surface area contributed by atoms with Gasteiger partial charge in [0, 0.05) is 25.6 Å². The maximum absolute atomic E-state index is 13.7. The third-order valence-corrected chi connectivity index (χ3v) is 4.83. The molecular weight excluding hydrogens is 370 g/mol. The van der Waals surface area contributed by atoms with Gasteiger partial charge in [0.25, 0.3) is 11.8 Å². The molecule has 154 valence electrons. The SMILES string of the molecule is CCNC(=O)C(C)NC(=O)c1nc(OCC2CC2)ccc1N1CCC(F)(F)C1. The van der Waals surface area contributed by atoms with Crippen molar-refractivity contribution in [2.24, 2.45) is 5.92 Å². The average molecular weight is 396 g/mol. The smallest absolute Gasteiger partial charge is 0.272 e. The van der Waals surface area contributed by atoms with Gasteiger partial charge in [-0.25, -0.2) is 13.8 Å². The standard InChI is InChI=1S/C19H26F2N4O3/c1-3-22-17(26)12(2)23-18(27)16-14(25-9-8-19(20,21)11-25)6-7-15(24-16)28-10-13-4-5-13/h6-7,12-13H,3-5,8-11H2,1-2H3,(H,22,26)(H,23,27). The van der Waals surface area contributed by atoms with Gasteiger partial charge in [0.05, 0.1) is 18.8 Å². The molecular formula is C19H26F2N4O3. The van der Waals surface area contributed by atoms with E-state index in [0.717, 1.165) is 12.8 Å². The van der Waals surface area contributed by atoms with Crippen LogP contribution in [0.4, 0.5) is 14.5 Å². The molecule has 1 aliphatic heterocycles. The molecule has 0 bridgehead atoms. The summed E-state index contributed by atoms with van der Waals surface area (Å²) in [6.45, 7) is 3.95. The van der Waals surface area contributed by atoms with Crippen molar-refractivity contribution in [3.05, 3.63) is 17.8 Å². The summed E-state index contributed by atoms with van der Waals surface area (Å²) in [4.78, 5) is 30.4. The van der Waals surface area contributed by atoms with Gasteiger partial charge >= 0.3 is 0 Å². The lowest BCUT2D eigenvalue weighted by atomic mass is 10.2. The number of hydrogen-bond donors (Lipinski definition) is 2. The number of anilines is 1. The van der Waals surface area contributed by atoms with Gasteiger partial charge in [-0.1, -0.05) is 0 Å².